The van der Waals surface area contributed by atoms with Gasteiger partial charge >= 0.3 is 0 Å². The van der Waals surface area contributed by atoms with E-state index in [4.69, 9.17) is 15.2 Å². The Hall–Kier alpha value is -1.22. The number of hydrogen-bond acceptors (Lipinski definition) is 3. The van der Waals surface area contributed by atoms with Gasteiger partial charge in [0.25, 0.3) is 0 Å². The number of hydrogen-bond donors (Lipinski definition) is 1. The summed E-state index contributed by atoms with van der Waals surface area (Å²) in [5.41, 5.74) is 7.65. The Balaban J connectivity index is 1.87. The molecule has 4 atom stereocenters. The van der Waals surface area contributed by atoms with Gasteiger partial charge in [-0.05, 0) is 55.2 Å². The minimum atomic E-state index is 0.0698. The van der Waals surface area contributed by atoms with E-state index in [-0.39, 0.29) is 6.04 Å². The van der Waals surface area contributed by atoms with Crippen LogP contribution in [0.15, 0.2) is 18.2 Å². The van der Waals surface area contributed by atoms with E-state index in [1.807, 2.05) is 18.2 Å². The lowest BCUT2D eigenvalue weighted by atomic mass is 9.80. The fraction of sp³-hybridized carbons (Fsp3) is 0.625. The van der Waals surface area contributed by atoms with Crippen LogP contribution >= 0.6 is 0 Å². The van der Waals surface area contributed by atoms with E-state index in [0.717, 1.165) is 28.9 Å². The third-order valence-corrected chi connectivity index (χ3v) is 5.05. The highest BCUT2D eigenvalue weighted by Crippen LogP contribution is 2.52. The molecule has 0 saturated heterocycles. The lowest BCUT2D eigenvalue weighted by Gasteiger charge is -2.29. The molecule has 19 heavy (non-hydrogen) atoms. The van der Waals surface area contributed by atoms with E-state index >= 15 is 0 Å². The van der Waals surface area contributed by atoms with Gasteiger partial charge in [-0.2, -0.15) is 0 Å². The molecule has 0 radical (unpaired) electrons. The molecule has 1 aromatic carbocycles. The van der Waals surface area contributed by atoms with Crippen molar-refractivity contribution in [3.63, 3.8) is 0 Å². The Morgan fingerprint density at radius 1 is 1.16 bits per heavy atom. The smallest absolute Gasteiger partial charge is 0.123 e. The Morgan fingerprint density at radius 3 is 2.58 bits per heavy atom. The van der Waals surface area contributed by atoms with Gasteiger partial charge in [-0.25, -0.2) is 0 Å². The molecule has 2 bridgehead atoms. The summed E-state index contributed by atoms with van der Waals surface area (Å²) in [7, 11) is 3.40. The van der Waals surface area contributed by atoms with Crippen LogP contribution in [0.1, 0.15) is 37.3 Å². The standard InChI is InChI=1S/C16H23NO2/c1-18-12-5-6-15(19-2)14(9-12)16(17)13-8-10-3-4-11(13)7-10/h5-6,9-11,13,16H,3-4,7-8,17H2,1-2H3. The number of fused-ring (bicyclic) bond motifs is 2. The van der Waals surface area contributed by atoms with Crippen LogP contribution in [0.3, 0.4) is 0 Å². The maximum Gasteiger partial charge on any atom is 0.123 e. The second-order valence-electron chi connectivity index (χ2n) is 5.97. The van der Waals surface area contributed by atoms with Gasteiger partial charge in [0.1, 0.15) is 11.5 Å². The molecule has 2 aliphatic rings. The van der Waals surface area contributed by atoms with Crippen molar-refractivity contribution in [1.29, 1.82) is 0 Å². The summed E-state index contributed by atoms with van der Waals surface area (Å²) in [6.45, 7) is 0. The second-order valence-corrected chi connectivity index (χ2v) is 5.97. The third kappa shape index (κ3) is 2.20. The van der Waals surface area contributed by atoms with Crippen LogP contribution in [0.4, 0.5) is 0 Å². The zero-order valence-corrected chi connectivity index (χ0v) is 11.8. The number of methoxy groups -OCH3 is 2. The second kappa shape index (κ2) is 5.04. The first-order valence-electron chi connectivity index (χ1n) is 7.20. The molecule has 0 spiro atoms. The molecule has 104 valence electrons. The molecule has 3 nitrogen and oxygen atoms in total. The zero-order chi connectivity index (χ0) is 13.4. The molecule has 4 unspecified atom stereocenters. The van der Waals surface area contributed by atoms with E-state index in [2.05, 4.69) is 0 Å². The number of ether oxygens (including phenoxy) is 2. The summed E-state index contributed by atoms with van der Waals surface area (Å²) in [4.78, 5) is 0. The molecule has 0 amide bonds. The highest BCUT2D eigenvalue weighted by molar-refractivity contribution is 5.42. The minimum absolute atomic E-state index is 0.0698. The Bertz CT molecular complexity index is 460. The lowest BCUT2D eigenvalue weighted by Crippen LogP contribution is -2.26. The number of nitrogens with two attached hydrogens (primary N) is 1. The van der Waals surface area contributed by atoms with Crippen molar-refractivity contribution in [2.24, 2.45) is 23.5 Å². The molecule has 2 N–H and O–H groups in total. The summed E-state index contributed by atoms with van der Waals surface area (Å²) in [5, 5.41) is 0. The van der Waals surface area contributed by atoms with Gasteiger partial charge in [0.15, 0.2) is 0 Å². The van der Waals surface area contributed by atoms with Gasteiger partial charge in [-0.15, -0.1) is 0 Å². The molecule has 3 heteroatoms. The average molecular weight is 261 g/mol. The van der Waals surface area contributed by atoms with Crippen molar-refractivity contribution in [3.8, 4) is 11.5 Å². The highest BCUT2D eigenvalue weighted by atomic mass is 16.5. The average Bonchev–Trinajstić information content (AvgIpc) is 3.08. The molecular formula is C16H23NO2. The van der Waals surface area contributed by atoms with E-state index in [9.17, 15) is 0 Å². The van der Waals surface area contributed by atoms with E-state index in [1.165, 1.54) is 25.7 Å². The molecule has 3 rings (SSSR count). The minimum Gasteiger partial charge on any atom is -0.497 e. The third-order valence-electron chi connectivity index (χ3n) is 5.05. The summed E-state index contributed by atoms with van der Waals surface area (Å²) < 4.78 is 10.8. The van der Waals surface area contributed by atoms with Gasteiger partial charge in [0, 0.05) is 11.6 Å². The Labute approximate surface area is 115 Å². The van der Waals surface area contributed by atoms with Crippen LogP contribution in [0.5, 0.6) is 11.5 Å². The van der Waals surface area contributed by atoms with Gasteiger partial charge in [-0.1, -0.05) is 6.42 Å². The van der Waals surface area contributed by atoms with E-state index in [0.29, 0.717) is 5.92 Å². The van der Waals surface area contributed by atoms with Crippen molar-refractivity contribution >= 4 is 0 Å². The van der Waals surface area contributed by atoms with Gasteiger partial charge < -0.3 is 15.2 Å². The maximum atomic E-state index is 6.55. The van der Waals surface area contributed by atoms with Crippen LogP contribution in [-0.2, 0) is 0 Å². The van der Waals surface area contributed by atoms with E-state index in [1.54, 1.807) is 14.2 Å². The predicted octanol–water partition coefficient (Wildman–Crippen LogP) is 3.14. The predicted molar refractivity (Wildman–Crippen MR) is 75.4 cm³/mol. The molecule has 2 aliphatic carbocycles. The van der Waals surface area contributed by atoms with Crippen molar-refractivity contribution in [1.82, 2.24) is 0 Å². The molecule has 2 saturated carbocycles. The molecule has 1 aromatic rings. The van der Waals surface area contributed by atoms with Crippen molar-refractivity contribution < 1.29 is 9.47 Å². The maximum absolute atomic E-state index is 6.55. The zero-order valence-electron chi connectivity index (χ0n) is 11.8. The van der Waals surface area contributed by atoms with Gasteiger partial charge in [0.2, 0.25) is 0 Å². The summed E-state index contributed by atoms with van der Waals surface area (Å²) in [6.07, 6.45) is 5.43. The van der Waals surface area contributed by atoms with Crippen LogP contribution in [0.25, 0.3) is 0 Å². The van der Waals surface area contributed by atoms with Gasteiger partial charge in [-0.3, -0.25) is 0 Å². The molecular weight excluding hydrogens is 238 g/mol. The summed E-state index contributed by atoms with van der Waals surface area (Å²) in [6, 6.07) is 5.99. The summed E-state index contributed by atoms with van der Waals surface area (Å²) in [5.74, 6) is 4.08. The first-order chi connectivity index (χ1) is 9.22. The van der Waals surface area contributed by atoms with Crippen LogP contribution in [0, 0.1) is 17.8 Å². The Morgan fingerprint density at radius 2 is 2.00 bits per heavy atom. The SMILES string of the molecule is COc1ccc(OC)c(C(N)C2CC3CCC2C3)c1. The van der Waals surface area contributed by atoms with Crippen molar-refractivity contribution in [2.75, 3.05) is 14.2 Å². The fourth-order valence-corrected chi connectivity index (χ4v) is 4.06. The molecule has 0 aromatic heterocycles. The normalized spacial score (nSPS) is 30.4. The monoisotopic (exact) mass is 261 g/mol. The van der Waals surface area contributed by atoms with Crippen molar-refractivity contribution in [3.05, 3.63) is 23.8 Å². The molecule has 0 aliphatic heterocycles. The molecule has 0 heterocycles. The van der Waals surface area contributed by atoms with Crippen molar-refractivity contribution in [2.45, 2.75) is 31.7 Å². The van der Waals surface area contributed by atoms with Gasteiger partial charge in [0.05, 0.1) is 14.2 Å². The number of rotatable bonds is 4. The first kappa shape index (κ1) is 12.8. The van der Waals surface area contributed by atoms with Crippen LogP contribution < -0.4 is 15.2 Å². The van der Waals surface area contributed by atoms with Crippen LogP contribution in [-0.4, -0.2) is 14.2 Å². The first-order valence-corrected chi connectivity index (χ1v) is 7.20. The quantitative estimate of drug-likeness (QED) is 0.905. The fourth-order valence-electron chi connectivity index (χ4n) is 4.06. The van der Waals surface area contributed by atoms with Crippen LogP contribution in [0.2, 0.25) is 0 Å². The molecule has 2 fully saturated rings. The summed E-state index contributed by atoms with van der Waals surface area (Å²) >= 11 is 0. The highest BCUT2D eigenvalue weighted by Gasteiger charge is 2.42. The number of benzene rings is 1. The largest absolute Gasteiger partial charge is 0.497 e. The Kier molecular flexibility index (Phi) is 3.40. The van der Waals surface area contributed by atoms with E-state index < -0.39 is 0 Å². The topological polar surface area (TPSA) is 44.5 Å². The lowest BCUT2D eigenvalue weighted by molar-refractivity contribution is 0.278.